The van der Waals surface area contributed by atoms with Crippen molar-refractivity contribution in [2.45, 2.75) is 26.9 Å². The monoisotopic (exact) mass is 176 g/mol. The van der Waals surface area contributed by atoms with Crippen LogP contribution in [0.2, 0.25) is 0 Å². The van der Waals surface area contributed by atoms with Gasteiger partial charge in [0.15, 0.2) is 0 Å². The summed E-state index contributed by atoms with van der Waals surface area (Å²) >= 11 is 0. The van der Waals surface area contributed by atoms with Crippen LogP contribution >= 0.6 is 0 Å². The van der Waals surface area contributed by atoms with E-state index in [0.717, 1.165) is 0 Å². The Morgan fingerprint density at radius 1 is 1.33 bits per heavy atom. The minimum Gasteiger partial charge on any atom is -0.435 e. The number of rotatable bonds is 5. The Balaban J connectivity index is 3.40. The zero-order valence-electron chi connectivity index (χ0n) is 7.83. The summed E-state index contributed by atoms with van der Waals surface area (Å²) in [6, 6.07) is 0. The van der Waals surface area contributed by atoms with E-state index < -0.39 is 6.16 Å². The van der Waals surface area contributed by atoms with Crippen molar-refractivity contribution in [2.75, 3.05) is 19.8 Å². The summed E-state index contributed by atoms with van der Waals surface area (Å²) in [4.78, 5) is 10.7. The van der Waals surface area contributed by atoms with Gasteiger partial charge in [0.2, 0.25) is 0 Å². The molecule has 0 amide bonds. The second-order valence-electron chi connectivity index (χ2n) is 2.27. The number of hydrogen-bond acceptors (Lipinski definition) is 4. The first kappa shape index (κ1) is 11.2. The van der Waals surface area contributed by atoms with Gasteiger partial charge in [-0.25, -0.2) is 4.79 Å². The Morgan fingerprint density at radius 3 is 2.50 bits per heavy atom. The molecule has 72 valence electrons. The van der Waals surface area contributed by atoms with Crippen molar-refractivity contribution in [3.05, 3.63) is 0 Å². The van der Waals surface area contributed by atoms with Crippen molar-refractivity contribution < 1.29 is 19.0 Å². The zero-order chi connectivity index (χ0) is 9.40. The first-order chi connectivity index (χ1) is 5.70. The Hall–Kier alpha value is -0.770. The van der Waals surface area contributed by atoms with E-state index in [-0.39, 0.29) is 6.10 Å². The second kappa shape index (κ2) is 6.91. The highest BCUT2D eigenvalue weighted by molar-refractivity contribution is 5.59. The van der Waals surface area contributed by atoms with Crippen LogP contribution in [0.15, 0.2) is 0 Å². The lowest BCUT2D eigenvalue weighted by Gasteiger charge is -2.11. The fraction of sp³-hybridized carbons (Fsp3) is 0.875. The van der Waals surface area contributed by atoms with Gasteiger partial charge in [0, 0.05) is 6.61 Å². The summed E-state index contributed by atoms with van der Waals surface area (Å²) in [7, 11) is 0. The summed E-state index contributed by atoms with van der Waals surface area (Å²) in [6.07, 6.45) is -0.881. The lowest BCUT2D eigenvalue weighted by atomic mass is 10.4. The van der Waals surface area contributed by atoms with Gasteiger partial charge in [0.25, 0.3) is 0 Å². The van der Waals surface area contributed by atoms with E-state index in [1.807, 2.05) is 6.92 Å². The molecule has 0 aromatic heterocycles. The molecular formula is C8H16O4. The van der Waals surface area contributed by atoms with E-state index >= 15 is 0 Å². The van der Waals surface area contributed by atoms with Gasteiger partial charge in [0.05, 0.1) is 13.2 Å². The van der Waals surface area contributed by atoms with Gasteiger partial charge in [-0.2, -0.15) is 0 Å². The average Bonchev–Trinajstić information content (AvgIpc) is 2.01. The van der Waals surface area contributed by atoms with Crippen LogP contribution in [0.4, 0.5) is 4.79 Å². The zero-order valence-corrected chi connectivity index (χ0v) is 7.83. The van der Waals surface area contributed by atoms with E-state index in [2.05, 4.69) is 4.74 Å². The van der Waals surface area contributed by atoms with Gasteiger partial charge in [-0.05, 0) is 20.8 Å². The second-order valence-corrected chi connectivity index (χ2v) is 2.27. The molecule has 0 aromatic rings. The number of ether oxygens (including phenoxy) is 3. The standard InChI is InChI=1S/C8H16O4/c1-4-10-6-7(3)12-8(9)11-5-2/h7H,4-6H2,1-3H3. The fourth-order valence-electron chi connectivity index (χ4n) is 0.634. The molecule has 0 aliphatic carbocycles. The van der Waals surface area contributed by atoms with E-state index in [4.69, 9.17) is 9.47 Å². The smallest absolute Gasteiger partial charge is 0.435 e. The minimum absolute atomic E-state index is 0.246. The molecule has 4 nitrogen and oxygen atoms in total. The summed E-state index contributed by atoms with van der Waals surface area (Å²) in [6.45, 7) is 6.74. The maximum absolute atomic E-state index is 10.7. The SMILES string of the molecule is CCOCC(C)OC(=O)OCC. The molecule has 0 saturated heterocycles. The highest BCUT2D eigenvalue weighted by Gasteiger charge is 2.08. The summed E-state index contributed by atoms with van der Waals surface area (Å²) in [5, 5.41) is 0. The average molecular weight is 176 g/mol. The lowest BCUT2D eigenvalue weighted by molar-refractivity contribution is -0.00508. The molecule has 0 spiro atoms. The summed E-state index contributed by atoms with van der Waals surface area (Å²) < 4.78 is 14.4. The van der Waals surface area contributed by atoms with Gasteiger partial charge in [-0.1, -0.05) is 0 Å². The molecule has 0 saturated carbocycles. The molecule has 0 fully saturated rings. The van der Waals surface area contributed by atoms with Crippen LogP contribution in [0.1, 0.15) is 20.8 Å². The molecule has 0 rings (SSSR count). The third kappa shape index (κ3) is 5.97. The van der Waals surface area contributed by atoms with E-state index in [9.17, 15) is 4.79 Å². The van der Waals surface area contributed by atoms with Crippen LogP contribution in [-0.4, -0.2) is 32.1 Å². The Kier molecular flexibility index (Phi) is 6.47. The molecular weight excluding hydrogens is 160 g/mol. The molecule has 0 bridgehead atoms. The number of hydrogen-bond donors (Lipinski definition) is 0. The normalized spacial score (nSPS) is 12.2. The van der Waals surface area contributed by atoms with Crippen molar-refractivity contribution in [2.24, 2.45) is 0 Å². The molecule has 0 aliphatic heterocycles. The van der Waals surface area contributed by atoms with Gasteiger partial charge < -0.3 is 14.2 Å². The van der Waals surface area contributed by atoms with Gasteiger partial charge in [0.1, 0.15) is 6.10 Å². The fourth-order valence-corrected chi connectivity index (χ4v) is 0.634. The highest BCUT2D eigenvalue weighted by atomic mass is 16.7. The molecule has 0 radical (unpaired) electrons. The van der Waals surface area contributed by atoms with Gasteiger partial charge in [-0.15, -0.1) is 0 Å². The van der Waals surface area contributed by atoms with Crippen molar-refractivity contribution in [1.82, 2.24) is 0 Å². The minimum atomic E-state index is -0.635. The molecule has 4 heteroatoms. The van der Waals surface area contributed by atoms with Crippen LogP contribution < -0.4 is 0 Å². The van der Waals surface area contributed by atoms with Crippen molar-refractivity contribution in [3.8, 4) is 0 Å². The van der Waals surface area contributed by atoms with Crippen LogP contribution in [-0.2, 0) is 14.2 Å². The van der Waals surface area contributed by atoms with Crippen molar-refractivity contribution >= 4 is 6.16 Å². The highest BCUT2D eigenvalue weighted by Crippen LogP contribution is 1.95. The number of carbonyl (C=O) groups is 1. The molecule has 0 aromatic carbocycles. The van der Waals surface area contributed by atoms with E-state index in [1.165, 1.54) is 0 Å². The van der Waals surface area contributed by atoms with E-state index in [0.29, 0.717) is 19.8 Å². The maximum atomic E-state index is 10.7. The quantitative estimate of drug-likeness (QED) is 0.596. The Labute approximate surface area is 72.8 Å². The van der Waals surface area contributed by atoms with Gasteiger partial charge in [-0.3, -0.25) is 0 Å². The first-order valence-electron chi connectivity index (χ1n) is 4.11. The largest absolute Gasteiger partial charge is 0.508 e. The first-order valence-corrected chi connectivity index (χ1v) is 4.11. The van der Waals surface area contributed by atoms with Crippen molar-refractivity contribution in [3.63, 3.8) is 0 Å². The Morgan fingerprint density at radius 2 is 2.00 bits per heavy atom. The molecule has 1 atom stereocenters. The topological polar surface area (TPSA) is 44.8 Å². The molecule has 1 unspecified atom stereocenters. The van der Waals surface area contributed by atoms with Crippen LogP contribution in [0.5, 0.6) is 0 Å². The molecule has 0 N–H and O–H groups in total. The van der Waals surface area contributed by atoms with Crippen LogP contribution in [0, 0.1) is 0 Å². The lowest BCUT2D eigenvalue weighted by Crippen LogP contribution is -2.20. The predicted molar refractivity (Wildman–Crippen MR) is 44.1 cm³/mol. The van der Waals surface area contributed by atoms with Crippen LogP contribution in [0.25, 0.3) is 0 Å². The third-order valence-electron chi connectivity index (χ3n) is 1.12. The van der Waals surface area contributed by atoms with Crippen LogP contribution in [0.3, 0.4) is 0 Å². The van der Waals surface area contributed by atoms with Gasteiger partial charge >= 0.3 is 6.16 Å². The molecule has 0 aliphatic rings. The summed E-state index contributed by atoms with van der Waals surface area (Å²) in [5.74, 6) is 0. The molecule has 0 heterocycles. The number of carbonyl (C=O) groups excluding carboxylic acids is 1. The molecule has 12 heavy (non-hydrogen) atoms. The van der Waals surface area contributed by atoms with Crippen molar-refractivity contribution in [1.29, 1.82) is 0 Å². The summed E-state index contributed by atoms with van der Waals surface area (Å²) in [5.41, 5.74) is 0. The van der Waals surface area contributed by atoms with E-state index in [1.54, 1.807) is 13.8 Å². The Bertz CT molecular complexity index is 124. The third-order valence-corrected chi connectivity index (χ3v) is 1.12. The predicted octanol–water partition coefficient (Wildman–Crippen LogP) is 1.58. The maximum Gasteiger partial charge on any atom is 0.508 e.